The van der Waals surface area contributed by atoms with Crippen molar-refractivity contribution in [1.82, 2.24) is 0 Å². The predicted octanol–water partition coefficient (Wildman–Crippen LogP) is 5.51. The van der Waals surface area contributed by atoms with Gasteiger partial charge in [-0.15, -0.1) is 0 Å². The van der Waals surface area contributed by atoms with Gasteiger partial charge in [0.25, 0.3) is 0 Å². The van der Waals surface area contributed by atoms with Gasteiger partial charge in [0.05, 0.1) is 21.7 Å². The first-order valence-corrected chi connectivity index (χ1v) is 6.67. The molecule has 0 bridgehead atoms. The van der Waals surface area contributed by atoms with E-state index in [1.807, 2.05) is 6.07 Å². The Bertz CT molecular complexity index is 660. The molecule has 0 spiro atoms. The number of anilines is 2. The molecule has 0 amide bonds. The molecule has 0 atom stereocenters. The van der Waals surface area contributed by atoms with E-state index in [1.165, 1.54) is 12.1 Å². The molecule has 2 rings (SSSR count). The SMILES string of the molecule is N#Cc1cc(Br)cc(Nc2cc(Cl)c(F)c(Cl)c2)c1. The largest absolute Gasteiger partial charge is 0.355 e. The molecule has 0 heterocycles. The lowest BCUT2D eigenvalue weighted by atomic mass is 10.2. The van der Waals surface area contributed by atoms with E-state index in [9.17, 15) is 4.39 Å². The summed E-state index contributed by atoms with van der Waals surface area (Å²) in [6.07, 6.45) is 0. The fourth-order valence-electron chi connectivity index (χ4n) is 1.52. The number of nitrogens with one attached hydrogen (secondary N) is 1. The number of nitrogens with zero attached hydrogens (tertiary/aromatic N) is 1. The van der Waals surface area contributed by atoms with Crippen molar-refractivity contribution in [2.75, 3.05) is 5.32 Å². The topological polar surface area (TPSA) is 35.8 Å². The molecule has 2 nitrogen and oxygen atoms in total. The number of nitriles is 1. The van der Waals surface area contributed by atoms with Crippen molar-refractivity contribution in [1.29, 1.82) is 5.26 Å². The zero-order chi connectivity index (χ0) is 14.0. The quantitative estimate of drug-likeness (QED) is 0.717. The summed E-state index contributed by atoms with van der Waals surface area (Å²) in [5, 5.41) is 11.8. The highest BCUT2D eigenvalue weighted by atomic mass is 79.9. The van der Waals surface area contributed by atoms with Crippen LogP contribution in [0.15, 0.2) is 34.8 Å². The number of rotatable bonds is 2. The summed E-state index contributed by atoms with van der Waals surface area (Å²) in [7, 11) is 0. The van der Waals surface area contributed by atoms with E-state index in [4.69, 9.17) is 28.5 Å². The Morgan fingerprint density at radius 1 is 1.05 bits per heavy atom. The summed E-state index contributed by atoms with van der Waals surface area (Å²) in [6.45, 7) is 0. The Kier molecular flexibility index (Phi) is 4.31. The minimum atomic E-state index is -0.652. The van der Waals surface area contributed by atoms with Crippen LogP contribution in [0.25, 0.3) is 0 Å². The second kappa shape index (κ2) is 5.79. The number of hydrogen-bond acceptors (Lipinski definition) is 2. The maximum Gasteiger partial charge on any atom is 0.160 e. The van der Waals surface area contributed by atoms with Crippen LogP contribution in [0.1, 0.15) is 5.56 Å². The Morgan fingerprint density at radius 3 is 2.21 bits per heavy atom. The lowest BCUT2D eigenvalue weighted by Gasteiger charge is -2.09. The van der Waals surface area contributed by atoms with E-state index >= 15 is 0 Å². The molecule has 0 saturated heterocycles. The molecule has 0 saturated carbocycles. The molecule has 2 aromatic rings. The molecule has 19 heavy (non-hydrogen) atoms. The van der Waals surface area contributed by atoms with Gasteiger partial charge in [-0.3, -0.25) is 0 Å². The third kappa shape index (κ3) is 3.38. The van der Waals surface area contributed by atoms with E-state index in [-0.39, 0.29) is 10.0 Å². The Morgan fingerprint density at radius 2 is 1.63 bits per heavy atom. The molecule has 0 aliphatic carbocycles. The van der Waals surface area contributed by atoms with Gasteiger partial charge in [0.1, 0.15) is 0 Å². The zero-order valence-corrected chi connectivity index (χ0v) is 12.4. The number of benzene rings is 2. The van der Waals surface area contributed by atoms with Crippen LogP contribution in [0.2, 0.25) is 10.0 Å². The first-order valence-electron chi connectivity index (χ1n) is 5.12. The van der Waals surface area contributed by atoms with Crippen molar-refractivity contribution in [2.24, 2.45) is 0 Å². The molecule has 6 heteroatoms. The van der Waals surface area contributed by atoms with Crippen LogP contribution in [-0.4, -0.2) is 0 Å². The first-order chi connectivity index (χ1) is 8.99. The van der Waals surface area contributed by atoms with Gasteiger partial charge in [-0.1, -0.05) is 39.1 Å². The molecule has 0 aliphatic heterocycles. The lowest BCUT2D eigenvalue weighted by molar-refractivity contribution is 0.629. The van der Waals surface area contributed by atoms with Crippen LogP contribution in [0.4, 0.5) is 15.8 Å². The normalized spacial score (nSPS) is 10.1. The molecule has 0 unspecified atom stereocenters. The van der Waals surface area contributed by atoms with E-state index in [2.05, 4.69) is 21.2 Å². The van der Waals surface area contributed by atoms with Gasteiger partial charge in [0, 0.05) is 15.8 Å². The van der Waals surface area contributed by atoms with Gasteiger partial charge in [-0.25, -0.2) is 4.39 Å². The number of halogens is 4. The van der Waals surface area contributed by atoms with Crippen LogP contribution < -0.4 is 5.32 Å². The highest BCUT2D eigenvalue weighted by molar-refractivity contribution is 9.10. The summed E-state index contributed by atoms with van der Waals surface area (Å²) in [6, 6.07) is 10.0. The lowest BCUT2D eigenvalue weighted by Crippen LogP contribution is -1.93. The molecule has 0 radical (unpaired) electrons. The van der Waals surface area contributed by atoms with Gasteiger partial charge in [-0.2, -0.15) is 5.26 Å². The van der Waals surface area contributed by atoms with Gasteiger partial charge in [0.2, 0.25) is 0 Å². The molecule has 0 fully saturated rings. The van der Waals surface area contributed by atoms with E-state index in [0.29, 0.717) is 16.9 Å². The van der Waals surface area contributed by atoms with E-state index in [1.54, 1.807) is 18.2 Å². The fraction of sp³-hybridized carbons (Fsp3) is 0. The Labute approximate surface area is 127 Å². The third-order valence-corrected chi connectivity index (χ3v) is 3.31. The highest BCUT2D eigenvalue weighted by Gasteiger charge is 2.08. The summed E-state index contributed by atoms with van der Waals surface area (Å²) in [5.41, 5.74) is 1.71. The summed E-state index contributed by atoms with van der Waals surface area (Å²) in [4.78, 5) is 0. The molecule has 0 aliphatic rings. The predicted molar refractivity (Wildman–Crippen MR) is 78.6 cm³/mol. The van der Waals surface area contributed by atoms with Crippen LogP contribution in [0.3, 0.4) is 0 Å². The van der Waals surface area contributed by atoms with Crippen LogP contribution in [0, 0.1) is 17.1 Å². The summed E-state index contributed by atoms with van der Waals surface area (Å²) >= 11 is 14.7. The van der Waals surface area contributed by atoms with E-state index < -0.39 is 5.82 Å². The Balaban J connectivity index is 2.36. The van der Waals surface area contributed by atoms with Crippen molar-refractivity contribution < 1.29 is 4.39 Å². The molecule has 2 aromatic carbocycles. The van der Waals surface area contributed by atoms with Crippen LogP contribution >= 0.6 is 39.1 Å². The second-order valence-corrected chi connectivity index (χ2v) is 5.45. The van der Waals surface area contributed by atoms with Crippen molar-refractivity contribution in [3.63, 3.8) is 0 Å². The second-order valence-electron chi connectivity index (χ2n) is 3.72. The van der Waals surface area contributed by atoms with Crippen molar-refractivity contribution in [2.45, 2.75) is 0 Å². The molecular formula is C13H6BrCl2FN2. The summed E-state index contributed by atoms with van der Waals surface area (Å²) < 4.78 is 14.0. The molecule has 0 aromatic heterocycles. The monoisotopic (exact) mass is 358 g/mol. The minimum Gasteiger partial charge on any atom is -0.355 e. The average Bonchev–Trinajstić information content (AvgIpc) is 2.35. The van der Waals surface area contributed by atoms with E-state index in [0.717, 1.165) is 4.47 Å². The zero-order valence-electron chi connectivity index (χ0n) is 9.35. The first kappa shape index (κ1) is 14.1. The highest BCUT2D eigenvalue weighted by Crippen LogP contribution is 2.30. The van der Waals surface area contributed by atoms with Gasteiger partial charge in [-0.05, 0) is 30.3 Å². The minimum absolute atomic E-state index is 0.0643. The van der Waals surface area contributed by atoms with Crippen molar-refractivity contribution >= 4 is 50.5 Å². The smallest absolute Gasteiger partial charge is 0.160 e. The van der Waals surface area contributed by atoms with Crippen molar-refractivity contribution in [3.8, 4) is 6.07 Å². The number of hydrogen-bond donors (Lipinski definition) is 1. The Hall–Kier alpha value is -1.28. The summed E-state index contributed by atoms with van der Waals surface area (Å²) in [5.74, 6) is -0.652. The van der Waals surface area contributed by atoms with Crippen LogP contribution in [0.5, 0.6) is 0 Å². The van der Waals surface area contributed by atoms with Gasteiger partial charge in [0.15, 0.2) is 5.82 Å². The maximum atomic E-state index is 13.3. The molecule has 1 N–H and O–H groups in total. The van der Waals surface area contributed by atoms with Gasteiger partial charge >= 0.3 is 0 Å². The molecular weight excluding hydrogens is 354 g/mol. The standard InChI is InChI=1S/C13H6BrCl2FN2/c14-8-1-7(6-18)2-9(3-8)19-10-4-11(15)13(17)12(16)5-10/h1-5,19H. The van der Waals surface area contributed by atoms with Crippen molar-refractivity contribution in [3.05, 3.63) is 56.2 Å². The average molecular weight is 360 g/mol. The fourth-order valence-corrected chi connectivity index (χ4v) is 2.50. The third-order valence-electron chi connectivity index (χ3n) is 2.30. The molecule has 96 valence electrons. The van der Waals surface area contributed by atoms with Crippen LogP contribution in [-0.2, 0) is 0 Å². The maximum absolute atomic E-state index is 13.3. The van der Waals surface area contributed by atoms with Gasteiger partial charge < -0.3 is 5.32 Å².